The van der Waals surface area contributed by atoms with E-state index in [4.69, 9.17) is 5.73 Å². The Labute approximate surface area is 123 Å². The van der Waals surface area contributed by atoms with Crippen LogP contribution in [0.3, 0.4) is 0 Å². The number of carbonyl (C=O) groups is 1. The smallest absolute Gasteiger partial charge is 0.226 e. The molecular weight excluding hydrogens is 248 g/mol. The first-order chi connectivity index (χ1) is 9.30. The van der Waals surface area contributed by atoms with Crippen LogP contribution in [-0.2, 0) is 4.79 Å². The molecule has 4 aliphatic rings. The van der Waals surface area contributed by atoms with Gasteiger partial charge < -0.3 is 11.1 Å². The molecule has 0 aromatic carbocycles. The largest absolute Gasteiger partial charge is 0.353 e. The van der Waals surface area contributed by atoms with E-state index in [0.717, 1.165) is 37.5 Å². The molecule has 0 spiro atoms. The molecular formula is C17H30N2O. The SMILES string of the molecule is CC(N)CC(C)NC(=O)C12CC3CC(CC(C)(C3)C1)C2. The summed E-state index contributed by atoms with van der Waals surface area (Å²) in [6.07, 6.45) is 8.34. The molecule has 4 aliphatic carbocycles. The van der Waals surface area contributed by atoms with E-state index in [9.17, 15) is 4.79 Å². The summed E-state index contributed by atoms with van der Waals surface area (Å²) in [5, 5.41) is 3.27. The highest BCUT2D eigenvalue weighted by molar-refractivity contribution is 5.83. The van der Waals surface area contributed by atoms with Crippen LogP contribution in [-0.4, -0.2) is 18.0 Å². The summed E-state index contributed by atoms with van der Waals surface area (Å²) in [6.45, 7) is 6.51. The third-order valence-corrected chi connectivity index (χ3v) is 5.94. The van der Waals surface area contributed by atoms with Crippen LogP contribution < -0.4 is 11.1 Å². The minimum Gasteiger partial charge on any atom is -0.353 e. The summed E-state index contributed by atoms with van der Waals surface area (Å²) in [4.78, 5) is 12.9. The minimum atomic E-state index is -0.0507. The summed E-state index contributed by atoms with van der Waals surface area (Å²) >= 11 is 0. The molecule has 4 bridgehead atoms. The molecule has 3 N–H and O–H groups in total. The highest BCUT2D eigenvalue weighted by Crippen LogP contribution is 2.65. The topological polar surface area (TPSA) is 55.1 Å². The molecule has 4 rings (SSSR count). The van der Waals surface area contributed by atoms with Gasteiger partial charge in [0.25, 0.3) is 0 Å². The lowest BCUT2D eigenvalue weighted by Gasteiger charge is -2.60. The number of hydrogen-bond donors (Lipinski definition) is 2. The second-order valence-corrected chi connectivity index (χ2v) is 8.64. The molecule has 0 aliphatic heterocycles. The second-order valence-electron chi connectivity index (χ2n) is 8.64. The van der Waals surface area contributed by atoms with Gasteiger partial charge in [-0.3, -0.25) is 4.79 Å². The second kappa shape index (κ2) is 4.72. The van der Waals surface area contributed by atoms with E-state index in [-0.39, 0.29) is 17.5 Å². The molecule has 4 saturated carbocycles. The number of amides is 1. The predicted octanol–water partition coefficient (Wildman–Crippen LogP) is 2.83. The maximum Gasteiger partial charge on any atom is 0.226 e. The lowest BCUT2D eigenvalue weighted by atomic mass is 9.44. The average Bonchev–Trinajstić information content (AvgIpc) is 2.23. The molecule has 3 nitrogen and oxygen atoms in total. The molecule has 0 heterocycles. The molecule has 0 radical (unpaired) electrons. The van der Waals surface area contributed by atoms with Crippen molar-refractivity contribution in [2.45, 2.75) is 77.8 Å². The predicted molar refractivity (Wildman–Crippen MR) is 81.1 cm³/mol. The maximum absolute atomic E-state index is 12.9. The van der Waals surface area contributed by atoms with Crippen LogP contribution in [0.1, 0.15) is 65.7 Å². The standard InChI is InChI=1S/C17H30N2O/c1-11(18)4-12(2)19-15(20)17-8-13-5-14(9-17)7-16(3,6-13)10-17/h11-14H,4-10,18H2,1-3H3,(H,19,20). The molecule has 114 valence electrons. The fraction of sp³-hybridized carbons (Fsp3) is 0.941. The molecule has 4 fully saturated rings. The van der Waals surface area contributed by atoms with Crippen molar-refractivity contribution in [1.29, 1.82) is 0 Å². The van der Waals surface area contributed by atoms with Gasteiger partial charge in [0.05, 0.1) is 5.41 Å². The van der Waals surface area contributed by atoms with Gasteiger partial charge in [0.15, 0.2) is 0 Å². The van der Waals surface area contributed by atoms with E-state index in [1.165, 1.54) is 19.3 Å². The van der Waals surface area contributed by atoms with Crippen molar-refractivity contribution in [3.05, 3.63) is 0 Å². The molecule has 4 atom stereocenters. The maximum atomic E-state index is 12.9. The zero-order valence-electron chi connectivity index (χ0n) is 13.2. The van der Waals surface area contributed by atoms with E-state index in [1.807, 2.05) is 6.92 Å². The number of nitrogens with one attached hydrogen (secondary N) is 1. The average molecular weight is 278 g/mol. The van der Waals surface area contributed by atoms with Gasteiger partial charge in [-0.1, -0.05) is 6.92 Å². The van der Waals surface area contributed by atoms with Crippen molar-refractivity contribution in [2.75, 3.05) is 0 Å². The molecule has 4 unspecified atom stereocenters. The van der Waals surface area contributed by atoms with E-state index in [0.29, 0.717) is 11.3 Å². The fourth-order valence-corrected chi connectivity index (χ4v) is 5.98. The lowest BCUT2D eigenvalue weighted by Crippen LogP contribution is -2.57. The Morgan fingerprint density at radius 3 is 2.35 bits per heavy atom. The third kappa shape index (κ3) is 2.49. The molecule has 1 amide bonds. The van der Waals surface area contributed by atoms with E-state index in [2.05, 4.69) is 19.2 Å². The van der Waals surface area contributed by atoms with Gasteiger partial charge in [0.1, 0.15) is 0 Å². The van der Waals surface area contributed by atoms with Gasteiger partial charge in [-0.2, -0.15) is 0 Å². The zero-order chi connectivity index (χ0) is 14.5. The van der Waals surface area contributed by atoms with Crippen molar-refractivity contribution in [2.24, 2.45) is 28.4 Å². The highest BCUT2D eigenvalue weighted by atomic mass is 16.2. The summed E-state index contributed by atoms with van der Waals surface area (Å²) in [5.41, 5.74) is 6.23. The summed E-state index contributed by atoms with van der Waals surface area (Å²) in [6, 6.07) is 0.350. The first-order valence-electron chi connectivity index (χ1n) is 8.37. The summed E-state index contributed by atoms with van der Waals surface area (Å²) in [5.74, 6) is 1.93. The van der Waals surface area contributed by atoms with Gasteiger partial charge in [-0.25, -0.2) is 0 Å². The normalized spacial score (nSPS) is 45.2. The molecule has 3 heteroatoms. The number of hydrogen-bond acceptors (Lipinski definition) is 2. The first kappa shape index (κ1) is 14.4. The Morgan fingerprint density at radius 2 is 1.85 bits per heavy atom. The van der Waals surface area contributed by atoms with Crippen molar-refractivity contribution in [3.8, 4) is 0 Å². The molecule has 0 aromatic rings. The summed E-state index contributed by atoms with van der Waals surface area (Å²) in [7, 11) is 0. The van der Waals surface area contributed by atoms with Gasteiger partial charge in [0, 0.05) is 12.1 Å². The van der Waals surface area contributed by atoms with Gasteiger partial charge in [-0.15, -0.1) is 0 Å². The Bertz CT molecular complexity index is 390. The highest BCUT2D eigenvalue weighted by Gasteiger charge is 2.58. The van der Waals surface area contributed by atoms with Gasteiger partial charge in [0.2, 0.25) is 5.91 Å². The lowest BCUT2D eigenvalue weighted by molar-refractivity contribution is -0.156. The Balaban J connectivity index is 1.71. The monoisotopic (exact) mass is 278 g/mol. The number of nitrogens with two attached hydrogens (primary N) is 1. The van der Waals surface area contributed by atoms with Crippen LogP contribution in [0.15, 0.2) is 0 Å². The first-order valence-corrected chi connectivity index (χ1v) is 8.37. The van der Waals surface area contributed by atoms with Crippen LogP contribution >= 0.6 is 0 Å². The summed E-state index contributed by atoms with van der Waals surface area (Å²) < 4.78 is 0. The molecule has 20 heavy (non-hydrogen) atoms. The van der Waals surface area contributed by atoms with E-state index >= 15 is 0 Å². The molecule has 0 saturated heterocycles. The quantitative estimate of drug-likeness (QED) is 0.831. The minimum absolute atomic E-state index is 0.0507. The van der Waals surface area contributed by atoms with Crippen LogP contribution in [0.25, 0.3) is 0 Å². The van der Waals surface area contributed by atoms with Crippen molar-refractivity contribution in [3.63, 3.8) is 0 Å². The van der Waals surface area contributed by atoms with E-state index < -0.39 is 0 Å². The molecule has 0 aromatic heterocycles. The fourth-order valence-electron chi connectivity index (χ4n) is 5.98. The van der Waals surface area contributed by atoms with Crippen LogP contribution in [0.5, 0.6) is 0 Å². The van der Waals surface area contributed by atoms with Crippen molar-refractivity contribution in [1.82, 2.24) is 5.32 Å². The van der Waals surface area contributed by atoms with Crippen LogP contribution in [0.4, 0.5) is 0 Å². The Morgan fingerprint density at radius 1 is 1.25 bits per heavy atom. The van der Waals surface area contributed by atoms with Crippen LogP contribution in [0.2, 0.25) is 0 Å². The Kier molecular flexibility index (Phi) is 3.39. The Hall–Kier alpha value is -0.570. The van der Waals surface area contributed by atoms with Gasteiger partial charge >= 0.3 is 0 Å². The number of rotatable bonds is 4. The van der Waals surface area contributed by atoms with Crippen LogP contribution in [0, 0.1) is 22.7 Å². The third-order valence-electron chi connectivity index (χ3n) is 5.94. The number of carbonyl (C=O) groups excluding carboxylic acids is 1. The van der Waals surface area contributed by atoms with E-state index in [1.54, 1.807) is 0 Å². The van der Waals surface area contributed by atoms with Crippen molar-refractivity contribution < 1.29 is 4.79 Å². The zero-order valence-corrected chi connectivity index (χ0v) is 13.2. The van der Waals surface area contributed by atoms with Crippen molar-refractivity contribution >= 4 is 5.91 Å². The van der Waals surface area contributed by atoms with Gasteiger partial charge in [-0.05, 0) is 76.0 Å².